The van der Waals surface area contributed by atoms with Gasteiger partial charge in [-0.2, -0.15) is 5.10 Å². The van der Waals surface area contributed by atoms with Crippen molar-refractivity contribution in [1.82, 2.24) is 24.5 Å². The number of nitrogens with zero attached hydrogens (tertiary/aromatic N) is 5. The molecule has 0 spiro atoms. The Morgan fingerprint density at radius 2 is 2.12 bits per heavy atom. The van der Waals surface area contributed by atoms with Crippen LogP contribution in [0.3, 0.4) is 0 Å². The zero-order valence-corrected chi connectivity index (χ0v) is 10.2. The van der Waals surface area contributed by atoms with E-state index in [2.05, 4.69) is 40.6 Å². The molecule has 0 radical (unpaired) electrons. The molecule has 2 rings (SSSR count). The third-order valence-electron chi connectivity index (χ3n) is 2.56. The van der Waals surface area contributed by atoms with Crippen LogP contribution in [0.2, 0.25) is 0 Å². The van der Waals surface area contributed by atoms with E-state index in [1.54, 1.807) is 6.33 Å². The van der Waals surface area contributed by atoms with Crippen molar-refractivity contribution >= 4 is 0 Å². The lowest BCUT2D eigenvalue weighted by Crippen LogP contribution is -2.06. The second-order valence-electron chi connectivity index (χ2n) is 4.14. The maximum Gasteiger partial charge on any atom is 0.182 e. The minimum absolute atomic E-state index is 0.352. The summed E-state index contributed by atoms with van der Waals surface area (Å²) in [5, 5.41) is 12.6. The summed E-state index contributed by atoms with van der Waals surface area (Å²) in [4.78, 5) is 0. The smallest absolute Gasteiger partial charge is 0.182 e. The van der Waals surface area contributed by atoms with Crippen molar-refractivity contribution in [2.75, 3.05) is 0 Å². The van der Waals surface area contributed by atoms with Crippen molar-refractivity contribution in [2.24, 2.45) is 0 Å². The third kappa shape index (κ3) is 1.73. The summed E-state index contributed by atoms with van der Waals surface area (Å²) in [6.07, 6.45) is 1.77. The fraction of sp³-hybridized carbons (Fsp3) is 0.545. The minimum atomic E-state index is 0.352. The van der Waals surface area contributed by atoms with Gasteiger partial charge in [0.2, 0.25) is 0 Å². The van der Waals surface area contributed by atoms with Gasteiger partial charge in [-0.05, 0) is 33.8 Å². The fourth-order valence-corrected chi connectivity index (χ4v) is 1.77. The lowest BCUT2D eigenvalue weighted by molar-refractivity contribution is 0.593. The number of aromatic nitrogens is 5. The molecule has 0 saturated carbocycles. The number of rotatable bonds is 3. The average molecular weight is 219 g/mol. The van der Waals surface area contributed by atoms with Crippen molar-refractivity contribution in [3.8, 4) is 11.5 Å². The van der Waals surface area contributed by atoms with Gasteiger partial charge in [0.1, 0.15) is 12.0 Å². The van der Waals surface area contributed by atoms with Crippen molar-refractivity contribution in [2.45, 2.75) is 40.3 Å². The van der Waals surface area contributed by atoms with Gasteiger partial charge in [-0.1, -0.05) is 0 Å². The second kappa shape index (κ2) is 4.08. The van der Waals surface area contributed by atoms with Crippen LogP contribution in [0.15, 0.2) is 12.4 Å². The number of hydrogen-bond acceptors (Lipinski definition) is 3. The summed E-state index contributed by atoms with van der Waals surface area (Å²) in [7, 11) is 0. The van der Waals surface area contributed by atoms with Gasteiger partial charge in [0.05, 0.1) is 5.69 Å². The van der Waals surface area contributed by atoms with Gasteiger partial charge in [0, 0.05) is 12.6 Å². The Bertz CT molecular complexity index is 480. The van der Waals surface area contributed by atoms with Crippen LogP contribution in [-0.2, 0) is 6.54 Å². The van der Waals surface area contributed by atoms with E-state index in [1.165, 1.54) is 0 Å². The standard InChI is InChI=1S/C11H17N5/c1-5-16-10(6-9(4)14-16)11-13-12-7-15(11)8(2)3/h6-8H,5H2,1-4H3. The highest BCUT2D eigenvalue weighted by atomic mass is 15.3. The van der Waals surface area contributed by atoms with Crippen LogP contribution in [0.1, 0.15) is 32.5 Å². The summed E-state index contributed by atoms with van der Waals surface area (Å²) in [5.74, 6) is 0.887. The summed E-state index contributed by atoms with van der Waals surface area (Å²) >= 11 is 0. The molecule has 0 amide bonds. The van der Waals surface area contributed by atoms with E-state index in [-0.39, 0.29) is 0 Å². The predicted octanol–water partition coefficient (Wildman–Crippen LogP) is 2.05. The normalized spacial score (nSPS) is 11.3. The van der Waals surface area contributed by atoms with E-state index in [4.69, 9.17) is 0 Å². The fourth-order valence-electron chi connectivity index (χ4n) is 1.77. The molecule has 0 bridgehead atoms. The highest BCUT2D eigenvalue weighted by Crippen LogP contribution is 2.20. The summed E-state index contributed by atoms with van der Waals surface area (Å²) < 4.78 is 4.01. The molecule has 5 nitrogen and oxygen atoms in total. The molecule has 0 aromatic carbocycles. The maximum atomic E-state index is 4.42. The molecule has 0 fully saturated rings. The van der Waals surface area contributed by atoms with E-state index < -0.39 is 0 Å². The molecule has 5 heteroatoms. The Kier molecular flexibility index (Phi) is 2.77. The topological polar surface area (TPSA) is 48.5 Å². The third-order valence-corrected chi connectivity index (χ3v) is 2.56. The molecule has 0 aliphatic carbocycles. The summed E-state index contributed by atoms with van der Waals surface area (Å²) in [6.45, 7) is 9.14. The van der Waals surface area contributed by atoms with Crippen LogP contribution >= 0.6 is 0 Å². The van der Waals surface area contributed by atoms with Crippen molar-refractivity contribution < 1.29 is 0 Å². The molecule has 16 heavy (non-hydrogen) atoms. The Morgan fingerprint density at radius 1 is 1.38 bits per heavy atom. The summed E-state index contributed by atoms with van der Waals surface area (Å²) in [5.41, 5.74) is 2.04. The monoisotopic (exact) mass is 219 g/mol. The molecule has 0 saturated heterocycles. The van der Waals surface area contributed by atoms with Crippen molar-refractivity contribution in [3.63, 3.8) is 0 Å². The van der Waals surface area contributed by atoms with Gasteiger partial charge in [-0.3, -0.25) is 4.68 Å². The first-order valence-electron chi connectivity index (χ1n) is 5.57. The molecular weight excluding hydrogens is 202 g/mol. The largest absolute Gasteiger partial charge is 0.310 e. The van der Waals surface area contributed by atoms with E-state index in [1.807, 2.05) is 17.7 Å². The van der Waals surface area contributed by atoms with E-state index >= 15 is 0 Å². The molecule has 0 unspecified atom stereocenters. The first-order chi connectivity index (χ1) is 7.63. The van der Waals surface area contributed by atoms with Gasteiger partial charge in [-0.25, -0.2) is 0 Å². The maximum absolute atomic E-state index is 4.42. The molecule has 2 heterocycles. The van der Waals surface area contributed by atoms with Crippen LogP contribution in [-0.4, -0.2) is 24.5 Å². The zero-order valence-electron chi connectivity index (χ0n) is 10.2. The second-order valence-corrected chi connectivity index (χ2v) is 4.14. The van der Waals surface area contributed by atoms with E-state index in [0.29, 0.717) is 6.04 Å². The molecule has 2 aromatic rings. The number of hydrogen-bond donors (Lipinski definition) is 0. The van der Waals surface area contributed by atoms with Gasteiger partial charge < -0.3 is 4.57 Å². The molecule has 0 aliphatic rings. The SMILES string of the molecule is CCn1nc(C)cc1-c1nncn1C(C)C. The zero-order chi connectivity index (χ0) is 11.7. The molecule has 0 aliphatic heterocycles. The first kappa shape index (κ1) is 10.9. The Morgan fingerprint density at radius 3 is 2.75 bits per heavy atom. The van der Waals surface area contributed by atoms with Crippen LogP contribution in [0.4, 0.5) is 0 Å². The van der Waals surface area contributed by atoms with Gasteiger partial charge in [-0.15, -0.1) is 10.2 Å². The molecule has 2 aromatic heterocycles. The average Bonchev–Trinajstić information content (AvgIpc) is 2.82. The Hall–Kier alpha value is -1.65. The van der Waals surface area contributed by atoms with Crippen LogP contribution in [0.5, 0.6) is 0 Å². The van der Waals surface area contributed by atoms with E-state index in [9.17, 15) is 0 Å². The van der Waals surface area contributed by atoms with Crippen LogP contribution < -0.4 is 0 Å². The van der Waals surface area contributed by atoms with E-state index in [0.717, 1.165) is 23.8 Å². The molecular formula is C11H17N5. The molecule has 0 N–H and O–H groups in total. The van der Waals surface area contributed by atoms with Gasteiger partial charge in [0.25, 0.3) is 0 Å². The lowest BCUT2D eigenvalue weighted by atomic mass is 10.3. The highest BCUT2D eigenvalue weighted by Gasteiger charge is 2.14. The van der Waals surface area contributed by atoms with Gasteiger partial charge >= 0.3 is 0 Å². The Balaban J connectivity index is 2.53. The predicted molar refractivity (Wildman–Crippen MR) is 62.0 cm³/mol. The summed E-state index contributed by atoms with van der Waals surface area (Å²) in [6, 6.07) is 2.40. The molecule has 86 valence electrons. The quantitative estimate of drug-likeness (QED) is 0.793. The Labute approximate surface area is 95.1 Å². The lowest BCUT2D eigenvalue weighted by Gasteiger charge is -2.10. The first-order valence-corrected chi connectivity index (χ1v) is 5.57. The highest BCUT2D eigenvalue weighted by molar-refractivity contribution is 5.50. The number of aryl methyl sites for hydroxylation is 2. The van der Waals surface area contributed by atoms with Crippen molar-refractivity contribution in [1.29, 1.82) is 0 Å². The van der Waals surface area contributed by atoms with Crippen molar-refractivity contribution in [3.05, 3.63) is 18.1 Å². The van der Waals surface area contributed by atoms with Crippen LogP contribution in [0, 0.1) is 6.92 Å². The minimum Gasteiger partial charge on any atom is -0.310 e. The van der Waals surface area contributed by atoms with Crippen LogP contribution in [0.25, 0.3) is 11.5 Å². The van der Waals surface area contributed by atoms with Gasteiger partial charge in [0.15, 0.2) is 5.82 Å². The molecule has 0 atom stereocenters.